The van der Waals surface area contributed by atoms with E-state index < -0.39 is 15.8 Å². The van der Waals surface area contributed by atoms with Crippen molar-refractivity contribution in [2.75, 3.05) is 20.1 Å². The van der Waals surface area contributed by atoms with Crippen molar-refractivity contribution in [2.45, 2.75) is 30.2 Å². The van der Waals surface area contributed by atoms with E-state index in [0.29, 0.717) is 11.0 Å². The second kappa shape index (κ2) is 6.51. The lowest BCUT2D eigenvalue weighted by Crippen LogP contribution is -2.44. The van der Waals surface area contributed by atoms with Crippen LogP contribution in [-0.2, 0) is 10.0 Å². The van der Waals surface area contributed by atoms with E-state index in [4.69, 9.17) is 0 Å². The first-order chi connectivity index (χ1) is 9.40. The zero-order valence-corrected chi connectivity index (χ0v) is 13.7. The van der Waals surface area contributed by atoms with Gasteiger partial charge in [0.1, 0.15) is 10.7 Å². The number of nitrogens with one attached hydrogen (secondary N) is 1. The zero-order chi connectivity index (χ0) is 14.8. The van der Waals surface area contributed by atoms with Crippen LogP contribution in [0.25, 0.3) is 0 Å². The third kappa shape index (κ3) is 3.78. The van der Waals surface area contributed by atoms with Gasteiger partial charge in [-0.25, -0.2) is 17.5 Å². The summed E-state index contributed by atoms with van der Waals surface area (Å²) in [6.07, 6.45) is 3.20. The molecular weight excluding hydrogens is 347 g/mol. The highest BCUT2D eigenvalue weighted by Crippen LogP contribution is 2.20. The van der Waals surface area contributed by atoms with Gasteiger partial charge >= 0.3 is 0 Å². The van der Waals surface area contributed by atoms with Crippen molar-refractivity contribution < 1.29 is 12.8 Å². The molecule has 4 nitrogen and oxygen atoms in total. The third-order valence-corrected chi connectivity index (χ3v) is 5.56. The van der Waals surface area contributed by atoms with E-state index in [1.165, 1.54) is 12.1 Å². The number of hydrogen-bond donors (Lipinski definition) is 1. The van der Waals surface area contributed by atoms with Crippen LogP contribution >= 0.6 is 15.9 Å². The number of nitrogens with zero attached hydrogens (tertiary/aromatic N) is 1. The second-order valence-corrected chi connectivity index (χ2v) is 7.71. The van der Waals surface area contributed by atoms with Crippen molar-refractivity contribution in [3.05, 3.63) is 28.5 Å². The normalized spacial score (nSPS) is 21.1. The Morgan fingerprint density at radius 3 is 2.85 bits per heavy atom. The van der Waals surface area contributed by atoms with Crippen molar-refractivity contribution in [1.82, 2.24) is 9.62 Å². The smallest absolute Gasteiger partial charge is 0.243 e. The topological polar surface area (TPSA) is 49.4 Å². The Hall–Kier alpha value is -0.500. The Morgan fingerprint density at radius 2 is 2.20 bits per heavy atom. The van der Waals surface area contributed by atoms with Gasteiger partial charge in [0, 0.05) is 17.1 Å². The van der Waals surface area contributed by atoms with Gasteiger partial charge in [-0.15, -0.1) is 0 Å². The summed E-state index contributed by atoms with van der Waals surface area (Å²) in [7, 11) is -1.82. The van der Waals surface area contributed by atoms with Crippen LogP contribution in [0.5, 0.6) is 0 Å². The lowest BCUT2D eigenvalue weighted by atomic mass is 10.0. The Morgan fingerprint density at radius 1 is 1.45 bits per heavy atom. The maximum Gasteiger partial charge on any atom is 0.243 e. The van der Waals surface area contributed by atoms with Gasteiger partial charge < -0.3 is 4.90 Å². The maximum absolute atomic E-state index is 13.7. The molecule has 2 rings (SSSR count). The van der Waals surface area contributed by atoms with E-state index in [-0.39, 0.29) is 10.9 Å². The minimum atomic E-state index is -3.80. The van der Waals surface area contributed by atoms with E-state index in [2.05, 4.69) is 25.6 Å². The molecule has 1 aromatic rings. The Kier molecular flexibility index (Phi) is 5.17. The van der Waals surface area contributed by atoms with Gasteiger partial charge in [-0.2, -0.15) is 0 Å². The lowest BCUT2D eigenvalue weighted by Gasteiger charge is -2.32. The summed E-state index contributed by atoms with van der Waals surface area (Å²) in [6, 6.07) is 4.12. The quantitative estimate of drug-likeness (QED) is 0.891. The monoisotopic (exact) mass is 364 g/mol. The molecule has 1 fully saturated rings. The van der Waals surface area contributed by atoms with Gasteiger partial charge in [0.2, 0.25) is 10.0 Å². The highest BCUT2D eigenvalue weighted by molar-refractivity contribution is 9.10. The van der Waals surface area contributed by atoms with Crippen molar-refractivity contribution in [3.8, 4) is 0 Å². The van der Waals surface area contributed by atoms with Gasteiger partial charge in [-0.3, -0.25) is 0 Å². The van der Waals surface area contributed by atoms with Crippen LogP contribution in [0.1, 0.15) is 19.3 Å². The molecule has 0 bridgehead atoms. The van der Waals surface area contributed by atoms with Crippen molar-refractivity contribution in [1.29, 1.82) is 0 Å². The predicted octanol–water partition coefficient (Wildman–Crippen LogP) is 2.35. The van der Waals surface area contributed by atoms with Crippen LogP contribution < -0.4 is 4.72 Å². The van der Waals surface area contributed by atoms with E-state index in [0.717, 1.165) is 31.9 Å². The number of hydrogen-bond acceptors (Lipinski definition) is 3. The summed E-state index contributed by atoms with van der Waals surface area (Å²) < 4.78 is 41.0. The van der Waals surface area contributed by atoms with Gasteiger partial charge in [0.15, 0.2) is 0 Å². The number of benzene rings is 1. The SMILES string of the molecule is CN1CCCCC1CNS(=O)(=O)c1ccc(Br)cc1F. The number of likely N-dealkylation sites (N-methyl/N-ethyl adjacent to an activating group) is 1. The molecule has 1 atom stereocenters. The highest BCUT2D eigenvalue weighted by atomic mass is 79.9. The average Bonchev–Trinajstić information content (AvgIpc) is 2.37. The van der Waals surface area contributed by atoms with Crippen molar-refractivity contribution >= 4 is 26.0 Å². The van der Waals surface area contributed by atoms with E-state index in [1.54, 1.807) is 0 Å². The number of rotatable bonds is 4. The molecule has 0 saturated carbocycles. The molecule has 112 valence electrons. The summed E-state index contributed by atoms with van der Waals surface area (Å²) in [5.74, 6) is -0.746. The molecule has 1 saturated heterocycles. The number of piperidine rings is 1. The Labute approximate surface area is 127 Å². The maximum atomic E-state index is 13.7. The molecule has 0 amide bonds. The fraction of sp³-hybridized carbons (Fsp3) is 0.538. The Bertz CT molecular complexity index is 580. The summed E-state index contributed by atoms with van der Waals surface area (Å²) >= 11 is 3.11. The fourth-order valence-electron chi connectivity index (χ4n) is 2.38. The van der Waals surface area contributed by atoms with Crippen LogP contribution in [0.3, 0.4) is 0 Å². The molecule has 1 aliphatic heterocycles. The lowest BCUT2D eigenvalue weighted by molar-refractivity contribution is 0.187. The molecule has 1 heterocycles. The first kappa shape index (κ1) is 15.9. The molecule has 0 aliphatic carbocycles. The zero-order valence-electron chi connectivity index (χ0n) is 11.3. The van der Waals surface area contributed by atoms with Crippen LogP contribution in [0, 0.1) is 5.82 Å². The molecule has 1 aliphatic rings. The van der Waals surface area contributed by atoms with E-state index in [9.17, 15) is 12.8 Å². The molecule has 1 unspecified atom stereocenters. The van der Waals surface area contributed by atoms with Gasteiger partial charge in [0.05, 0.1) is 0 Å². The van der Waals surface area contributed by atoms with Gasteiger partial charge in [-0.1, -0.05) is 22.4 Å². The molecule has 0 radical (unpaired) electrons. The summed E-state index contributed by atoms with van der Waals surface area (Å²) in [4.78, 5) is 1.84. The third-order valence-electron chi connectivity index (χ3n) is 3.61. The highest BCUT2D eigenvalue weighted by Gasteiger charge is 2.23. The summed E-state index contributed by atoms with van der Waals surface area (Å²) in [5.41, 5.74) is 0. The van der Waals surface area contributed by atoms with Crippen LogP contribution in [0.2, 0.25) is 0 Å². The van der Waals surface area contributed by atoms with E-state index in [1.807, 2.05) is 7.05 Å². The van der Waals surface area contributed by atoms with Crippen molar-refractivity contribution in [3.63, 3.8) is 0 Å². The number of sulfonamides is 1. The first-order valence-corrected chi connectivity index (χ1v) is 8.83. The summed E-state index contributed by atoms with van der Waals surface area (Å²) in [6.45, 7) is 1.29. The summed E-state index contributed by atoms with van der Waals surface area (Å²) in [5, 5.41) is 0. The van der Waals surface area contributed by atoms with E-state index >= 15 is 0 Å². The molecule has 20 heavy (non-hydrogen) atoms. The number of likely N-dealkylation sites (tertiary alicyclic amines) is 1. The molecule has 1 aromatic carbocycles. The van der Waals surface area contributed by atoms with Crippen molar-refractivity contribution in [2.24, 2.45) is 0 Å². The van der Waals surface area contributed by atoms with Crippen LogP contribution in [0.15, 0.2) is 27.6 Å². The number of halogens is 2. The molecule has 0 aromatic heterocycles. The minimum absolute atomic E-state index is 0.178. The molecule has 7 heteroatoms. The predicted molar refractivity (Wildman–Crippen MR) is 79.6 cm³/mol. The molecular formula is C13H18BrFN2O2S. The minimum Gasteiger partial charge on any atom is -0.302 e. The van der Waals surface area contributed by atoms with Crippen LogP contribution in [-0.4, -0.2) is 39.5 Å². The molecule has 0 spiro atoms. The Balaban J connectivity index is 2.07. The largest absolute Gasteiger partial charge is 0.302 e. The molecule has 1 N–H and O–H groups in total. The average molecular weight is 365 g/mol. The first-order valence-electron chi connectivity index (χ1n) is 6.55. The van der Waals surface area contributed by atoms with Gasteiger partial charge in [-0.05, 0) is 44.6 Å². The van der Waals surface area contributed by atoms with Crippen LogP contribution in [0.4, 0.5) is 4.39 Å². The standard InChI is InChI=1S/C13H18BrFN2O2S/c1-17-7-3-2-4-11(17)9-16-20(18,19)13-6-5-10(14)8-12(13)15/h5-6,8,11,16H,2-4,7,9H2,1H3. The second-order valence-electron chi connectivity index (χ2n) is 5.06. The van der Waals surface area contributed by atoms with Gasteiger partial charge in [0.25, 0.3) is 0 Å². The fourth-order valence-corrected chi connectivity index (χ4v) is 3.84.